The van der Waals surface area contributed by atoms with Crippen LogP contribution in [0.2, 0.25) is 0 Å². The quantitative estimate of drug-likeness (QED) is 0.170. The Labute approximate surface area is 290 Å². The minimum atomic E-state index is 1.21. The van der Waals surface area contributed by atoms with Gasteiger partial charge >= 0.3 is 0 Å². The fourth-order valence-electron chi connectivity index (χ4n) is 8.61. The first kappa shape index (κ1) is 27.5. The van der Waals surface area contributed by atoms with Crippen LogP contribution in [0.3, 0.4) is 0 Å². The van der Waals surface area contributed by atoms with E-state index >= 15 is 0 Å². The molecule has 0 radical (unpaired) electrons. The molecule has 11 rings (SSSR count). The molecule has 0 amide bonds. The smallest absolute Gasteiger partial charge is 0.00206 e. The molecule has 0 atom stereocenters. The summed E-state index contributed by atoms with van der Waals surface area (Å²) >= 11 is 0. The SMILES string of the molecule is c1ccc(-c2cc(-c3ccc(-c4ccc5ccc6cccc7ccc4c5c67)cc3)ccc2-c2ccc3ccc4cccc5ccc2c3c45)cc1. The minimum absolute atomic E-state index is 1.21. The van der Waals surface area contributed by atoms with E-state index in [9.17, 15) is 0 Å². The van der Waals surface area contributed by atoms with Gasteiger partial charge in [-0.05, 0) is 115 Å². The fourth-order valence-corrected chi connectivity index (χ4v) is 8.61. The molecule has 0 fully saturated rings. The average molecular weight is 631 g/mol. The van der Waals surface area contributed by atoms with Crippen molar-refractivity contribution >= 4 is 64.6 Å². The molecule has 0 aromatic heterocycles. The lowest BCUT2D eigenvalue weighted by atomic mass is 9.86. The summed E-state index contributed by atoms with van der Waals surface area (Å²) < 4.78 is 0. The Morgan fingerprint density at radius 2 is 0.620 bits per heavy atom. The fraction of sp³-hybridized carbons (Fsp3) is 0. The van der Waals surface area contributed by atoms with Gasteiger partial charge < -0.3 is 0 Å². The molecule has 0 N–H and O–H groups in total. The number of benzene rings is 11. The molecule has 0 unspecified atom stereocenters. The van der Waals surface area contributed by atoms with Crippen molar-refractivity contribution in [2.45, 2.75) is 0 Å². The molecule has 0 nitrogen and oxygen atoms in total. The lowest BCUT2D eigenvalue weighted by Crippen LogP contribution is -1.91. The van der Waals surface area contributed by atoms with Crippen LogP contribution in [0, 0.1) is 0 Å². The molecular weight excluding hydrogens is 601 g/mol. The highest BCUT2D eigenvalue weighted by Gasteiger charge is 2.17. The summed E-state index contributed by atoms with van der Waals surface area (Å²) in [6, 6.07) is 67.6. The van der Waals surface area contributed by atoms with Gasteiger partial charge in [0.25, 0.3) is 0 Å². The largest absolute Gasteiger partial charge is 0.0622 e. The van der Waals surface area contributed by atoms with E-state index in [4.69, 9.17) is 0 Å². The normalized spacial score (nSPS) is 12.0. The highest BCUT2D eigenvalue weighted by atomic mass is 14.2. The van der Waals surface area contributed by atoms with Crippen molar-refractivity contribution in [2.75, 3.05) is 0 Å². The van der Waals surface area contributed by atoms with Gasteiger partial charge in [0.1, 0.15) is 0 Å². The van der Waals surface area contributed by atoms with Gasteiger partial charge in [0, 0.05) is 0 Å². The standard InChI is InChI=1S/C50H30/c1-2-6-32(7-3-1)46-30-40(24-27-43(46)42-26-21-39-19-17-35-9-5-11-37-23-29-45(42)50(39)48(35)37)31-12-14-33(15-13-31)41-25-20-38-18-16-34-8-4-10-36-22-28-44(41)49(38)47(34)36/h1-30H. The molecule has 0 saturated heterocycles. The zero-order valence-corrected chi connectivity index (χ0v) is 27.3. The molecule has 0 saturated carbocycles. The first-order valence-electron chi connectivity index (χ1n) is 17.4. The first-order valence-corrected chi connectivity index (χ1v) is 17.4. The monoisotopic (exact) mass is 630 g/mol. The maximum atomic E-state index is 2.38. The lowest BCUT2D eigenvalue weighted by molar-refractivity contribution is 1.57. The van der Waals surface area contributed by atoms with Gasteiger partial charge in [-0.1, -0.05) is 176 Å². The van der Waals surface area contributed by atoms with Gasteiger partial charge in [0.15, 0.2) is 0 Å². The van der Waals surface area contributed by atoms with Crippen molar-refractivity contribution in [1.29, 1.82) is 0 Å². The lowest BCUT2D eigenvalue weighted by Gasteiger charge is -2.18. The van der Waals surface area contributed by atoms with Crippen LogP contribution in [-0.2, 0) is 0 Å². The van der Waals surface area contributed by atoms with Crippen LogP contribution < -0.4 is 0 Å². The van der Waals surface area contributed by atoms with E-state index in [1.165, 1.54) is 109 Å². The van der Waals surface area contributed by atoms with Gasteiger partial charge in [-0.2, -0.15) is 0 Å². The van der Waals surface area contributed by atoms with E-state index < -0.39 is 0 Å². The second kappa shape index (κ2) is 10.5. The second-order valence-electron chi connectivity index (χ2n) is 13.6. The first-order chi connectivity index (χ1) is 24.8. The predicted molar refractivity (Wildman–Crippen MR) is 216 cm³/mol. The molecule has 0 aliphatic rings. The number of hydrogen-bond acceptors (Lipinski definition) is 0. The van der Waals surface area contributed by atoms with Crippen molar-refractivity contribution in [2.24, 2.45) is 0 Å². The molecule has 0 aliphatic heterocycles. The summed E-state index contributed by atoms with van der Waals surface area (Å²) in [4.78, 5) is 0. The van der Waals surface area contributed by atoms with Crippen LogP contribution in [0.5, 0.6) is 0 Å². The second-order valence-corrected chi connectivity index (χ2v) is 13.6. The summed E-state index contributed by atoms with van der Waals surface area (Å²) in [5.74, 6) is 0. The molecule has 11 aromatic rings. The third-order valence-corrected chi connectivity index (χ3v) is 11.0. The van der Waals surface area contributed by atoms with Crippen molar-refractivity contribution < 1.29 is 0 Å². The van der Waals surface area contributed by atoms with Gasteiger partial charge in [-0.15, -0.1) is 0 Å². The van der Waals surface area contributed by atoms with Crippen LogP contribution in [-0.4, -0.2) is 0 Å². The van der Waals surface area contributed by atoms with Gasteiger partial charge in [0.05, 0.1) is 0 Å². The third-order valence-electron chi connectivity index (χ3n) is 11.0. The summed E-state index contributed by atoms with van der Waals surface area (Å²) in [6.45, 7) is 0. The molecule has 0 heteroatoms. The van der Waals surface area contributed by atoms with Crippen molar-refractivity contribution in [1.82, 2.24) is 0 Å². The van der Waals surface area contributed by atoms with E-state index in [0.29, 0.717) is 0 Å². The van der Waals surface area contributed by atoms with Gasteiger partial charge in [0.2, 0.25) is 0 Å². The van der Waals surface area contributed by atoms with Crippen molar-refractivity contribution in [3.8, 4) is 44.5 Å². The topological polar surface area (TPSA) is 0 Å². The number of hydrogen-bond donors (Lipinski definition) is 0. The molecule has 230 valence electrons. The zero-order chi connectivity index (χ0) is 32.8. The summed E-state index contributed by atoms with van der Waals surface area (Å²) in [5.41, 5.74) is 9.93. The molecule has 0 spiro atoms. The van der Waals surface area contributed by atoms with Crippen LogP contribution >= 0.6 is 0 Å². The predicted octanol–water partition coefficient (Wildman–Crippen LogP) is 14.1. The third kappa shape index (κ3) is 4.00. The van der Waals surface area contributed by atoms with Crippen LogP contribution in [0.1, 0.15) is 0 Å². The van der Waals surface area contributed by atoms with Crippen molar-refractivity contribution in [3.63, 3.8) is 0 Å². The average Bonchev–Trinajstić information content (AvgIpc) is 3.19. The van der Waals surface area contributed by atoms with E-state index in [2.05, 4.69) is 182 Å². The molecule has 0 aliphatic carbocycles. The van der Waals surface area contributed by atoms with E-state index in [0.717, 1.165) is 0 Å². The van der Waals surface area contributed by atoms with Crippen molar-refractivity contribution in [3.05, 3.63) is 182 Å². The Hall–Kier alpha value is -6.50. The Morgan fingerprint density at radius 3 is 1.22 bits per heavy atom. The number of rotatable bonds is 4. The Balaban J connectivity index is 1.05. The maximum absolute atomic E-state index is 2.38. The molecule has 11 aromatic carbocycles. The molecule has 0 bridgehead atoms. The molecule has 0 heterocycles. The Morgan fingerprint density at radius 1 is 0.200 bits per heavy atom. The summed E-state index contributed by atoms with van der Waals surface area (Å²) in [7, 11) is 0. The van der Waals surface area contributed by atoms with E-state index in [1.807, 2.05) is 0 Å². The van der Waals surface area contributed by atoms with Crippen LogP contribution in [0.25, 0.3) is 109 Å². The Kier molecular flexibility index (Phi) is 5.76. The maximum Gasteiger partial charge on any atom is -0.00206 e. The van der Waals surface area contributed by atoms with E-state index in [1.54, 1.807) is 0 Å². The highest BCUT2D eigenvalue weighted by molar-refractivity contribution is 6.27. The Bertz CT molecular complexity index is 3030. The van der Waals surface area contributed by atoms with Gasteiger partial charge in [-0.3, -0.25) is 0 Å². The zero-order valence-electron chi connectivity index (χ0n) is 27.3. The highest BCUT2D eigenvalue weighted by Crippen LogP contribution is 2.44. The summed E-state index contributed by atoms with van der Waals surface area (Å²) in [6.07, 6.45) is 0. The minimum Gasteiger partial charge on any atom is -0.0622 e. The van der Waals surface area contributed by atoms with Crippen LogP contribution in [0.4, 0.5) is 0 Å². The molecular formula is C50H30. The van der Waals surface area contributed by atoms with Gasteiger partial charge in [-0.25, -0.2) is 0 Å². The van der Waals surface area contributed by atoms with E-state index in [-0.39, 0.29) is 0 Å². The summed E-state index contributed by atoms with van der Waals surface area (Å²) in [5, 5.41) is 15.8. The van der Waals surface area contributed by atoms with Crippen LogP contribution in [0.15, 0.2) is 182 Å². The molecule has 50 heavy (non-hydrogen) atoms.